The lowest BCUT2D eigenvalue weighted by Gasteiger charge is -2.20. The Bertz CT molecular complexity index is 584. The Kier molecular flexibility index (Phi) is 2.60. The Morgan fingerprint density at radius 3 is 2.53 bits per heavy atom. The smallest absolute Gasteiger partial charge is 0.366 e. The van der Waals surface area contributed by atoms with Gasteiger partial charge in [-0.05, 0) is 18.2 Å². The number of aromatic amines is 2. The van der Waals surface area contributed by atoms with E-state index in [1.54, 1.807) is 6.07 Å². The second-order valence-corrected chi connectivity index (χ2v) is 3.78. The molecule has 0 unspecified atom stereocenters. The molecule has 92 valence electrons. The molecule has 0 saturated carbocycles. The SMILES string of the molecule is CN(CC(F)(F)F)c1ccc2[nH]c(=O)[nH]c2c1. The molecule has 1 aromatic carbocycles. The Labute approximate surface area is 94.1 Å². The van der Waals surface area contributed by atoms with E-state index in [1.165, 1.54) is 19.2 Å². The Hall–Kier alpha value is -1.92. The van der Waals surface area contributed by atoms with Gasteiger partial charge in [-0.1, -0.05) is 0 Å². The first-order valence-corrected chi connectivity index (χ1v) is 4.85. The molecule has 0 saturated heterocycles. The van der Waals surface area contributed by atoms with Gasteiger partial charge in [0.1, 0.15) is 6.54 Å². The van der Waals surface area contributed by atoms with Crippen molar-refractivity contribution in [1.82, 2.24) is 9.97 Å². The fourth-order valence-electron chi connectivity index (χ4n) is 1.62. The van der Waals surface area contributed by atoms with E-state index in [0.29, 0.717) is 16.7 Å². The van der Waals surface area contributed by atoms with Crippen molar-refractivity contribution in [3.8, 4) is 0 Å². The first kappa shape index (κ1) is 11.6. The number of hydrogen-bond acceptors (Lipinski definition) is 2. The van der Waals surface area contributed by atoms with Crippen LogP contribution < -0.4 is 10.6 Å². The number of benzene rings is 1. The average Bonchev–Trinajstić information content (AvgIpc) is 2.53. The first-order valence-electron chi connectivity index (χ1n) is 4.85. The van der Waals surface area contributed by atoms with Gasteiger partial charge < -0.3 is 14.9 Å². The molecule has 1 heterocycles. The van der Waals surface area contributed by atoms with Crippen molar-refractivity contribution < 1.29 is 13.2 Å². The third kappa shape index (κ3) is 2.61. The van der Waals surface area contributed by atoms with Gasteiger partial charge in [-0.15, -0.1) is 0 Å². The predicted molar refractivity (Wildman–Crippen MR) is 58.2 cm³/mol. The third-order valence-corrected chi connectivity index (χ3v) is 2.36. The summed E-state index contributed by atoms with van der Waals surface area (Å²) >= 11 is 0. The molecule has 0 spiro atoms. The summed E-state index contributed by atoms with van der Waals surface area (Å²) in [6, 6.07) is 4.59. The summed E-state index contributed by atoms with van der Waals surface area (Å²) in [6.45, 7) is -1.03. The largest absolute Gasteiger partial charge is 0.405 e. The topological polar surface area (TPSA) is 51.9 Å². The van der Waals surface area contributed by atoms with Crippen LogP contribution >= 0.6 is 0 Å². The van der Waals surface area contributed by atoms with E-state index in [0.717, 1.165) is 4.90 Å². The van der Waals surface area contributed by atoms with Crippen molar-refractivity contribution in [3.05, 3.63) is 28.7 Å². The minimum Gasteiger partial charge on any atom is -0.366 e. The lowest BCUT2D eigenvalue weighted by atomic mass is 10.2. The van der Waals surface area contributed by atoms with Gasteiger partial charge in [0, 0.05) is 12.7 Å². The summed E-state index contributed by atoms with van der Waals surface area (Å²) in [7, 11) is 1.35. The van der Waals surface area contributed by atoms with E-state index in [9.17, 15) is 18.0 Å². The third-order valence-electron chi connectivity index (χ3n) is 2.36. The molecule has 0 fully saturated rings. The van der Waals surface area contributed by atoms with Crippen molar-refractivity contribution in [2.45, 2.75) is 6.18 Å². The lowest BCUT2D eigenvalue weighted by Crippen LogP contribution is -2.30. The van der Waals surface area contributed by atoms with Gasteiger partial charge in [0.15, 0.2) is 0 Å². The van der Waals surface area contributed by atoms with Gasteiger partial charge >= 0.3 is 11.9 Å². The monoisotopic (exact) mass is 245 g/mol. The van der Waals surface area contributed by atoms with Crippen LogP contribution in [0.5, 0.6) is 0 Å². The zero-order valence-electron chi connectivity index (χ0n) is 8.93. The number of fused-ring (bicyclic) bond motifs is 1. The first-order chi connectivity index (χ1) is 7.85. The van der Waals surface area contributed by atoms with Gasteiger partial charge in [0.2, 0.25) is 0 Å². The number of imidazole rings is 1. The minimum absolute atomic E-state index is 0.379. The number of rotatable bonds is 2. The van der Waals surface area contributed by atoms with Gasteiger partial charge in [-0.2, -0.15) is 13.2 Å². The quantitative estimate of drug-likeness (QED) is 0.848. The fraction of sp³-hybridized carbons (Fsp3) is 0.300. The Morgan fingerprint density at radius 2 is 1.88 bits per heavy atom. The van der Waals surface area contributed by atoms with Crippen LogP contribution in [0.2, 0.25) is 0 Å². The number of hydrogen-bond donors (Lipinski definition) is 2. The number of nitrogens with one attached hydrogen (secondary N) is 2. The molecule has 2 N–H and O–H groups in total. The fourth-order valence-corrected chi connectivity index (χ4v) is 1.62. The van der Waals surface area contributed by atoms with Crippen LogP contribution in [0.4, 0.5) is 18.9 Å². The van der Waals surface area contributed by atoms with Crippen LogP contribution in [0.25, 0.3) is 11.0 Å². The molecule has 2 aromatic rings. The maximum Gasteiger partial charge on any atom is 0.405 e. The molecule has 4 nitrogen and oxygen atoms in total. The molecule has 0 aliphatic heterocycles. The summed E-state index contributed by atoms with van der Waals surface area (Å²) in [4.78, 5) is 17.1. The minimum atomic E-state index is -4.25. The summed E-state index contributed by atoms with van der Waals surface area (Å²) in [5.74, 6) is 0. The van der Waals surface area contributed by atoms with Crippen LogP contribution in [0.3, 0.4) is 0 Å². The molecule has 0 radical (unpaired) electrons. The van der Waals surface area contributed by atoms with Gasteiger partial charge in [0.25, 0.3) is 0 Å². The molecule has 0 atom stereocenters. The van der Waals surface area contributed by atoms with E-state index >= 15 is 0 Å². The molecule has 0 bridgehead atoms. The maximum absolute atomic E-state index is 12.2. The number of anilines is 1. The second kappa shape index (κ2) is 3.83. The lowest BCUT2D eigenvalue weighted by molar-refractivity contribution is -0.119. The summed E-state index contributed by atoms with van der Waals surface area (Å²) in [5, 5.41) is 0. The summed E-state index contributed by atoms with van der Waals surface area (Å²) in [5.41, 5.74) is 1.07. The molecular formula is C10H10F3N3O. The van der Waals surface area contributed by atoms with Crippen LogP contribution in [0.1, 0.15) is 0 Å². The van der Waals surface area contributed by atoms with Crippen molar-refractivity contribution in [3.63, 3.8) is 0 Å². The van der Waals surface area contributed by atoms with Crippen molar-refractivity contribution in [2.75, 3.05) is 18.5 Å². The van der Waals surface area contributed by atoms with Crippen LogP contribution in [-0.2, 0) is 0 Å². The number of H-pyrrole nitrogens is 2. The molecular weight excluding hydrogens is 235 g/mol. The van der Waals surface area contributed by atoms with Crippen molar-refractivity contribution in [1.29, 1.82) is 0 Å². The Morgan fingerprint density at radius 1 is 1.24 bits per heavy atom. The van der Waals surface area contributed by atoms with E-state index in [1.807, 2.05) is 0 Å². The molecule has 0 aliphatic rings. The van der Waals surface area contributed by atoms with Crippen molar-refractivity contribution in [2.24, 2.45) is 0 Å². The molecule has 7 heteroatoms. The highest BCUT2D eigenvalue weighted by molar-refractivity contribution is 5.78. The standard InChI is InChI=1S/C10H10F3N3O/c1-16(5-10(11,12)13)6-2-3-7-8(4-6)15-9(17)14-7/h2-4H,5H2,1H3,(H2,14,15,17). The average molecular weight is 245 g/mol. The Balaban J connectivity index is 2.32. The highest BCUT2D eigenvalue weighted by Gasteiger charge is 2.29. The normalized spacial score (nSPS) is 12.0. The molecule has 17 heavy (non-hydrogen) atoms. The van der Waals surface area contributed by atoms with E-state index in [2.05, 4.69) is 9.97 Å². The highest BCUT2D eigenvalue weighted by Crippen LogP contribution is 2.22. The summed E-state index contributed by atoms with van der Waals surface area (Å²) < 4.78 is 36.6. The molecule has 2 rings (SSSR count). The van der Waals surface area contributed by atoms with Crippen LogP contribution in [0, 0.1) is 0 Å². The van der Waals surface area contributed by atoms with Crippen LogP contribution in [-0.4, -0.2) is 29.7 Å². The number of alkyl halides is 3. The van der Waals surface area contributed by atoms with Gasteiger partial charge in [-0.25, -0.2) is 4.79 Å². The van der Waals surface area contributed by atoms with E-state index in [4.69, 9.17) is 0 Å². The van der Waals surface area contributed by atoms with Crippen LogP contribution in [0.15, 0.2) is 23.0 Å². The summed E-state index contributed by atoms with van der Waals surface area (Å²) in [6.07, 6.45) is -4.25. The number of aromatic nitrogens is 2. The zero-order chi connectivity index (χ0) is 12.6. The zero-order valence-corrected chi connectivity index (χ0v) is 8.93. The maximum atomic E-state index is 12.2. The van der Waals surface area contributed by atoms with Crippen molar-refractivity contribution >= 4 is 16.7 Å². The van der Waals surface area contributed by atoms with Gasteiger partial charge in [-0.3, -0.25) is 0 Å². The van der Waals surface area contributed by atoms with E-state index < -0.39 is 12.7 Å². The second-order valence-electron chi connectivity index (χ2n) is 3.78. The predicted octanol–water partition coefficient (Wildman–Crippen LogP) is 1.85. The molecule has 0 aliphatic carbocycles. The highest BCUT2D eigenvalue weighted by atomic mass is 19.4. The number of nitrogens with zero attached hydrogens (tertiary/aromatic N) is 1. The van der Waals surface area contributed by atoms with Gasteiger partial charge in [0.05, 0.1) is 11.0 Å². The molecule has 1 aromatic heterocycles. The number of halogens is 3. The van der Waals surface area contributed by atoms with E-state index in [-0.39, 0.29) is 5.69 Å². The molecule has 0 amide bonds.